The maximum Gasteiger partial charge on any atom is 0.262 e. The summed E-state index contributed by atoms with van der Waals surface area (Å²) in [5, 5.41) is 5.47. The Kier molecular flexibility index (Phi) is 5.61. The molecule has 2 N–H and O–H groups in total. The third-order valence-corrected chi connectivity index (χ3v) is 7.06. The van der Waals surface area contributed by atoms with Crippen LogP contribution >= 0.6 is 0 Å². The molecule has 0 spiro atoms. The molecule has 0 saturated carbocycles. The molecule has 1 unspecified atom stereocenters. The molecule has 5 amide bonds. The Bertz CT molecular complexity index is 1030. The molecule has 10 nitrogen and oxygen atoms in total. The predicted molar refractivity (Wildman–Crippen MR) is 118 cm³/mol. The molecule has 4 heterocycles. The molecule has 1 aromatic rings. The van der Waals surface area contributed by atoms with Gasteiger partial charge < -0.3 is 15.1 Å². The van der Waals surface area contributed by atoms with Crippen LogP contribution in [0.4, 0.5) is 5.69 Å². The topological polar surface area (TPSA) is 119 Å². The third kappa shape index (κ3) is 3.88. The van der Waals surface area contributed by atoms with Gasteiger partial charge in [-0.25, -0.2) is 0 Å². The third-order valence-electron chi connectivity index (χ3n) is 7.06. The molecule has 0 aromatic heterocycles. The van der Waals surface area contributed by atoms with Gasteiger partial charge in [0.25, 0.3) is 11.8 Å². The number of anilines is 1. The van der Waals surface area contributed by atoms with Crippen LogP contribution in [0.1, 0.15) is 46.4 Å². The zero-order chi connectivity index (χ0) is 23.1. The lowest BCUT2D eigenvalue weighted by Crippen LogP contribution is -2.54. The van der Waals surface area contributed by atoms with Crippen LogP contribution in [-0.4, -0.2) is 84.6 Å². The van der Waals surface area contributed by atoms with E-state index in [-0.39, 0.29) is 35.8 Å². The molecular formula is C23H27N5O5. The molecule has 1 atom stereocenters. The fraction of sp³-hybridized carbons (Fsp3) is 0.522. The molecule has 10 heteroatoms. The lowest BCUT2D eigenvalue weighted by molar-refractivity contribution is -0.137. The second kappa shape index (κ2) is 8.58. The maximum atomic E-state index is 13.1. The van der Waals surface area contributed by atoms with Crippen molar-refractivity contribution in [3.05, 3.63) is 29.3 Å². The summed E-state index contributed by atoms with van der Waals surface area (Å²) in [7, 11) is 0. The van der Waals surface area contributed by atoms with Crippen LogP contribution in [0, 0.1) is 5.92 Å². The van der Waals surface area contributed by atoms with E-state index in [1.807, 2.05) is 11.0 Å². The molecule has 33 heavy (non-hydrogen) atoms. The Morgan fingerprint density at radius 3 is 2.27 bits per heavy atom. The highest BCUT2D eigenvalue weighted by atomic mass is 16.2. The van der Waals surface area contributed by atoms with E-state index in [2.05, 4.69) is 15.5 Å². The summed E-state index contributed by atoms with van der Waals surface area (Å²) in [4.78, 5) is 67.4. The second-order valence-electron chi connectivity index (χ2n) is 9.01. The van der Waals surface area contributed by atoms with E-state index >= 15 is 0 Å². The fourth-order valence-corrected chi connectivity index (χ4v) is 5.18. The number of fused-ring (bicyclic) bond motifs is 1. The minimum absolute atomic E-state index is 0.0139. The van der Waals surface area contributed by atoms with Crippen molar-refractivity contribution in [3.8, 4) is 0 Å². The van der Waals surface area contributed by atoms with Crippen molar-refractivity contribution in [2.75, 3.05) is 44.2 Å². The number of piperazine rings is 1. The molecule has 5 rings (SSSR count). The molecule has 1 aromatic carbocycles. The Hall–Kier alpha value is -3.27. The van der Waals surface area contributed by atoms with Gasteiger partial charge in [0, 0.05) is 57.3 Å². The van der Waals surface area contributed by atoms with E-state index in [1.54, 1.807) is 12.1 Å². The van der Waals surface area contributed by atoms with Crippen molar-refractivity contribution < 1.29 is 24.0 Å². The molecule has 3 fully saturated rings. The predicted octanol–water partition coefficient (Wildman–Crippen LogP) is -0.264. The van der Waals surface area contributed by atoms with Crippen molar-refractivity contribution in [2.45, 2.75) is 31.7 Å². The molecule has 4 aliphatic rings. The quantitative estimate of drug-likeness (QED) is 0.605. The van der Waals surface area contributed by atoms with Crippen LogP contribution in [0.15, 0.2) is 18.2 Å². The lowest BCUT2D eigenvalue weighted by atomic mass is 9.94. The monoisotopic (exact) mass is 453 g/mol. The van der Waals surface area contributed by atoms with Gasteiger partial charge in [0.15, 0.2) is 0 Å². The smallest absolute Gasteiger partial charge is 0.262 e. The average molecular weight is 453 g/mol. The summed E-state index contributed by atoms with van der Waals surface area (Å²) in [6.07, 6.45) is 1.72. The average Bonchev–Trinajstić information content (AvgIpc) is 3.09. The van der Waals surface area contributed by atoms with Gasteiger partial charge in [-0.05, 0) is 37.5 Å². The van der Waals surface area contributed by atoms with Crippen LogP contribution in [0.2, 0.25) is 0 Å². The number of amides is 5. The number of nitrogens with zero attached hydrogens (tertiary/aromatic N) is 3. The van der Waals surface area contributed by atoms with Crippen LogP contribution < -0.4 is 15.5 Å². The molecule has 4 aliphatic heterocycles. The van der Waals surface area contributed by atoms with Gasteiger partial charge in [0.1, 0.15) is 6.04 Å². The molecular weight excluding hydrogens is 426 g/mol. The number of rotatable bonds is 3. The van der Waals surface area contributed by atoms with E-state index in [0.29, 0.717) is 13.1 Å². The van der Waals surface area contributed by atoms with Gasteiger partial charge >= 0.3 is 0 Å². The summed E-state index contributed by atoms with van der Waals surface area (Å²) >= 11 is 0. The lowest BCUT2D eigenvalue weighted by Gasteiger charge is -2.36. The molecule has 3 saturated heterocycles. The van der Waals surface area contributed by atoms with E-state index < -0.39 is 29.7 Å². The SMILES string of the molecule is O=C1CCC(N2C(=O)c3ccc(N4CCC(C(=O)N5CCNCC5)CC4)cc3C2=O)C(=O)N1. The minimum Gasteiger partial charge on any atom is -0.371 e. The highest BCUT2D eigenvalue weighted by molar-refractivity contribution is 6.23. The summed E-state index contributed by atoms with van der Waals surface area (Å²) in [6, 6.07) is 4.19. The Labute approximate surface area is 191 Å². The second-order valence-corrected chi connectivity index (χ2v) is 9.01. The van der Waals surface area contributed by atoms with E-state index in [1.165, 1.54) is 0 Å². The van der Waals surface area contributed by atoms with Gasteiger partial charge in [-0.2, -0.15) is 0 Å². The van der Waals surface area contributed by atoms with Crippen molar-refractivity contribution in [1.29, 1.82) is 0 Å². The number of carbonyl (C=O) groups is 5. The number of carbonyl (C=O) groups excluding carboxylic acids is 5. The zero-order valence-electron chi connectivity index (χ0n) is 18.3. The number of hydrogen-bond acceptors (Lipinski definition) is 7. The Morgan fingerprint density at radius 2 is 1.58 bits per heavy atom. The van der Waals surface area contributed by atoms with Crippen molar-refractivity contribution in [3.63, 3.8) is 0 Å². The maximum absolute atomic E-state index is 13.1. The van der Waals surface area contributed by atoms with Crippen molar-refractivity contribution in [2.24, 2.45) is 5.92 Å². The molecule has 0 bridgehead atoms. The first-order valence-electron chi connectivity index (χ1n) is 11.5. The van der Waals surface area contributed by atoms with E-state index in [4.69, 9.17) is 0 Å². The van der Waals surface area contributed by atoms with E-state index in [0.717, 1.165) is 49.6 Å². The minimum atomic E-state index is -0.967. The van der Waals surface area contributed by atoms with E-state index in [9.17, 15) is 24.0 Å². The first-order valence-corrected chi connectivity index (χ1v) is 11.5. The van der Waals surface area contributed by atoms with Crippen LogP contribution in [0.3, 0.4) is 0 Å². The summed E-state index contributed by atoms with van der Waals surface area (Å²) in [6.45, 7) is 4.57. The fourth-order valence-electron chi connectivity index (χ4n) is 5.18. The molecule has 0 aliphatic carbocycles. The van der Waals surface area contributed by atoms with Crippen LogP contribution in [0.5, 0.6) is 0 Å². The summed E-state index contributed by atoms with van der Waals surface area (Å²) in [5.41, 5.74) is 1.38. The molecule has 174 valence electrons. The highest BCUT2D eigenvalue weighted by Gasteiger charge is 2.44. The number of nitrogens with one attached hydrogen (secondary N) is 2. The molecule has 0 radical (unpaired) electrons. The standard InChI is InChI=1S/C23H27N5O5/c29-19-4-3-18(20(30)25-19)28-22(32)16-2-1-15(13-17(16)23(28)33)26-9-5-14(6-10-26)21(31)27-11-7-24-8-12-27/h1-2,13-14,18,24H,3-12H2,(H,25,29,30). The van der Waals surface area contributed by atoms with Crippen molar-refractivity contribution >= 4 is 35.2 Å². The Morgan fingerprint density at radius 1 is 0.879 bits per heavy atom. The summed E-state index contributed by atoms with van der Waals surface area (Å²) in [5.74, 6) is -1.77. The van der Waals surface area contributed by atoms with Crippen LogP contribution in [-0.2, 0) is 14.4 Å². The van der Waals surface area contributed by atoms with Crippen molar-refractivity contribution in [1.82, 2.24) is 20.4 Å². The first kappa shape index (κ1) is 21.6. The Balaban J connectivity index is 1.27. The van der Waals surface area contributed by atoms with Gasteiger partial charge in [-0.3, -0.25) is 34.2 Å². The number of imide groups is 2. The van der Waals surface area contributed by atoms with Gasteiger partial charge in [-0.15, -0.1) is 0 Å². The van der Waals surface area contributed by atoms with Gasteiger partial charge in [0.05, 0.1) is 11.1 Å². The summed E-state index contributed by atoms with van der Waals surface area (Å²) < 4.78 is 0. The zero-order valence-corrected chi connectivity index (χ0v) is 18.3. The van der Waals surface area contributed by atoms with Gasteiger partial charge in [0.2, 0.25) is 17.7 Å². The van der Waals surface area contributed by atoms with Crippen LogP contribution in [0.25, 0.3) is 0 Å². The number of benzene rings is 1. The number of hydrogen-bond donors (Lipinski definition) is 2. The first-order chi connectivity index (χ1) is 15.9. The van der Waals surface area contributed by atoms with Gasteiger partial charge in [-0.1, -0.05) is 0 Å². The largest absolute Gasteiger partial charge is 0.371 e. The normalized spacial score (nSPS) is 24.2. The number of piperidine rings is 2. The highest BCUT2D eigenvalue weighted by Crippen LogP contribution is 2.32.